The van der Waals surface area contributed by atoms with E-state index in [1.165, 1.54) is 13.1 Å². The summed E-state index contributed by atoms with van der Waals surface area (Å²) in [6, 6.07) is 8.72. The number of carbonyl (C=O) groups is 2. The van der Waals surface area contributed by atoms with E-state index >= 15 is 0 Å². The van der Waals surface area contributed by atoms with Gasteiger partial charge >= 0.3 is 0 Å². The molecule has 1 aromatic carbocycles. The number of nitrogens with zero attached hydrogens (tertiary/aromatic N) is 1. The monoisotopic (exact) mass is 203 g/mol. The van der Waals surface area contributed by atoms with Crippen molar-refractivity contribution in [3.63, 3.8) is 0 Å². The predicted molar refractivity (Wildman–Crippen MR) is 58.1 cm³/mol. The number of allylic oxidation sites excluding steroid dienone is 1. The number of hydrogen-bond acceptors (Lipinski definition) is 2. The van der Waals surface area contributed by atoms with Crippen molar-refractivity contribution in [1.29, 1.82) is 0 Å². The minimum atomic E-state index is -0.304. The summed E-state index contributed by atoms with van der Waals surface area (Å²) in [5.74, 6) is -0.594. The van der Waals surface area contributed by atoms with Gasteiger partial charge in [0.25, 0.3) is 5.91 Å². The van der Waals surface area contributed by atoms with Crippen molar-refractivity contribution in [3.05, 3.63) is 48.2 Å². The van der Waals surface area contributed by atoms with Crippen molar-refractivity contribution in [3.8, 4) is 0 Å². The molecule has 2 amide bonds. The highest BCUT2D eigenvalue weighted by Crippen LogP contribution is 2.05. The van der Waals surface area contributed by atoms with Crippen LogP contribution in [0.5, 0.6) is 0 Å². The van der Waals surface area contributed by atoms with Crippen molar-refractivity contribution in [2.24, 2.45) is 0 Å². The molecule has 15 heavy (non-hydrogen) atoms. The highest BCUT2D eigenvalue weighted by atomic mass is 16.2. The molecule has 0 saturated heterocycles. The second kappa shape index (κ2) is 5.10. The molecule has 0 atom stereocenters. The molecule has 0 radical (unpaired) electrons. The quantitative estimate of drug-likeness (QED) is 0.739. The van der Waals surface area contributed by atoms with E-state index in [1.54, 1.807) is 37.3 Å². The van der Waals surface area contributed by atoms with E-state index in [9.17, 15) is 9.59 Å². The Morgan fingerprint density at radius 3 is 2.27 bits per heavy atom. The van der Waals surface area contributed by atoms with Gasteiger partial charge in [-0.15, -0.1) is 0 Å². The summed E-state index contributed by atoms with van der Waals surface area (Å²) in [6.07, 6.45) is 3.12. The molecule has 78 valence electrons. The second-order valence-corrected chi connectivity index (χ2v) is 3.04. The van der Waals surface area contributed by atoms with Crippen LogP contribution in [0.15, 0.2) is 42.6 Å². The van der Waals surface area contributed by atoms with Crippen molar-refractivity contribution in [1.82, 2.24) is 4.90 Å². The maximum absolute atomic E-state index is 11.8. The number of amides is 2. The maximum Gasteiger partial charge on any atom is 0.264 e. The highest BCUT2D eigenvalue weighted by Gasteiger charge is 2.16. The number of rotatable bonds is 2. The molecule has 0 spiro atoms. The number of hydrogen-bond donors (Lipinski definition) is 0. The topological polar surface area (TPSA) is 37.4 Å². The summed E-state index contributed by atoms with van der Waals surface area (Å²) < 4.78 is 0. The summed E-state index contributed by atoms with van der Waals surface area (Å²) in [5, 5.41) is 0. The van der Waals surface area contributed by atoms with E-state index in [4.69, 9.17) is 0 Å². The fraction of sp³-hybridized carbons (Fsp3) is 0.167. The molecule has 0 saturated carbocycles. The van der Waals surface area contributed by atoms with Gasteiger partial charge in [0.1, 0.15) is 0 Å². The lowest BCUT2D eigenvalue weighted by Crippen LogP contribution is -2.30. The molecule has 0 aromatic heterocycles. The van der Waals surface area contributed by atoms with Gasteiger partial charge in [-0.25, -0.2) is 0 Å². The minimum Gasteiger partial charge on any atom is -0.274 e. The molecule has 0 aliphatic rings. The Hall–Kier alpha value is -1.90. The first-order chi connectivity index (χ1) is 7.16. The molecule has 0 aliphatic heterocycles. The zero-order valence-corrected chi connectivity index (χ0v) is 8.81. The van der Waals surface area contributed by atoms with Gasteiger partial charge in [0, 0.05) is 18.7 Å². The molecule has 0 bridgehead atoms. The molecule has 3 heteroatoms. The van der Waals surface area contributed by atoms with Crippen LogP contribution in [0.1, 0.15) is 24.2 Å². The molecule has 0 aliphatic carbocycles. The molecule has 0 fully saturated rings. The Kier molecular flexibility index (Phi) is 3.80. The summed E-state index contributed by atoms with van der Waals surface area (Å²) in [5.41, 5.74) is 0.505. The van der Waals surface area contributed by atoms with Crippen LogP contribution in [0.25, 0.3) is 0 Å². The summed E-state index contributed by atoms with van der Waals surface area (Å²) in [7, 11) is 0. The van der Waals surface area contributed by atoms with E-state index in [2.05, 4.69) is 0 Å². The van der Waals surface area contributed by atoms with E-state index < -0.39 is 0 Å². The van der Waals surface area contributed by atoms with Crippen LogP contribution in [-0.2, 0) is 4.79 Å². The molecule has 0 unspecified atom stereocenters. The van der Waals surface area contributed by atoms with Crippen molar-refractivity contribution in [2.75, 3.05) is 0 Å². The molecule has 0 N–H and O–H groups in total. The second-order valence-electron chi connectivity index (χ2n) is 3.04. The predicted octanol–water partition coefficient (Wildman–Crippen LogP) is 2.21. The maximum atomic E-state index is 11.8. The average Bonchev–Trinajstić information content (AvgIpc) is 2.26. The molecule has 1 aromatic rings. The molecular formula is C12H13NO2. The van der Waals surface area contributed by atoms with Gasteiger partial charge in [0.2, 0.25) is 5.91 Å². The summed E-state index contributed by atoms with van der Waals surface area (Å²) in [4.78, 5) is 24.1. The zero-order valence-electron chi connectivity index (χ0n) is 8.81. The number of imide groups is 1. The fourth-order valence-electron chi connectivity index (χ4n) is 1.18. The van der Waals surface area contributed by atoms with E-state index in [1.807, 2.05) is 6.07 Å². The Morgan fingerprint density at radius 2 is 1.80 bits per heavy atom. The fourth-order valence-corrected chi connectivity index (χ4v) is 1.18. The van der Waals surface area contributed by atoms with Gasteiger partial charge in [-0.3, -0.25) is 14.5 Å². The average molecular weight is 203 g/mol. The third-order valence-corrected chi connectivity index (χ3v) is 1.88. The molecular weight excluding hydrogens is 190 g/mol. The molecule has 3 nitrogen and oxygen atoms in total. The molecule has 1 rings (SSSR count). The number of benzene rings is 1. The van der Waals surface area contributed by atoms with Gasteiger partial charge in [0.05, 0.1) is 0 Å². The standard InChI is InChI=1S/C12H13NO2/c1-3-9-13(10(2)14)12(15)11-7-5-4-6-8-11/h3-9H,1-2H3/b9-3+. The Labute approximate surface area is 89.0 Å². The lowest BCUT2D eigenvalue weighted by atomic mass is 10.2. The van der Waals surface area contributed by atoms with E-state index in [0.717, 1.165) is 4.90 Å². The highest BCUT2D eigenvalue weighted by molar-refractivity contribution is 6.04. The van der Waals surface area contributed by atoms with Gasteiger partial charge in [0.15, 0.2) is 0 Å². The third-order valence-electron chi connectivity index (χ3n) is 1.88. The van der Waals surface area contributed by atoms with Crippen LogP contribution in [0, 0.1) is 0 Å². The minimum absolute atomic E-state index is 0.290. The van der Waals surface area contributed by atoms with Crippen LogP contribution in [-0.4, -0.2) is 16.7 Å². The largest absolute Gasteiger partial charge is 0.274 e. The van der Waals surface area contributed by atoms with Crippen molar-refractivity contribution >= 4 is 11.8 Å². The Bertz CT molecular complexity index is 382. The van der Waals surface area contributed by atoms with Gasteiger partial charge in [-0.1, -0.05) is 24.3 Å². The number of carbonyl (C=O) groups excluding carboxylic acids is 2. The van der Waals surface area contributed by atoms with Crippen LogP contribution >= 0.6 is 0 Å². The Balaban J connectivity index is 2.96. The van der Waals surface area contributed by atoms with E-state index in [0.29, 0.717) is 5.56 Å². The normalized spacial score (nSPS) is 10.3. The van der Waals surface area contributed by atoms with Crippen LogP contribution < -0.4 is 0 Å². The van der Waals surface area contributed by atoms with Crippen LogP contribution in [0.3, 0.4) is 0 Å². The van der Waals surface area contributed by atoms with Gasteiger partial charge in [-0.05, 0) is 19.1 Å². The van der Waals surface area contributed by atoms with Gasteiger partial charge < -0.3 is 0 Å². The van der Waals surface area contributed by atoms with Crippen LogP contribution in [0.4, 0.5) is 0 Å². The zero-order chi connectivity index (χ0) is 11.3. The van der Waals surface area contributed by atoms with Gasteiger partial charge in [-0.2, -0.15) is 0 Å². The van der Waals surface area contributed by atoms with Crippen molar-refractivity contribution in [2.45, 2.75) is 13.8 Å². The lowest BCUT2D eigenvalue weighted by Gasteiger charge is -2.13. The first-order valence-corrected chi connectivity index (χ1v) is 4.69. The first kappa shape index (κ1) is 11.2. The first-order valence-electron chi connectivity index (χ1n) is 4.69. The summed E-state index contributed by atoms with van der Waals surface area (Å²) >= 11 is 0. The SMILES string of the molecule is C/C=C/N(C(C)=O)C(=O)c1ccccc1. The summed E-state index contributed by atoms with van der Waals surface area (Å²) in [6.45, 7) is 3.12. The van der Waals surface area contributed by atoms with Crippen molar-refractivity contribution < 1.29 is 9.59 Å². The molecule has 0 heterocycles. The van der Waals surface area contributed by atoms with Crippen LogP contribution in [0.2, 0.25) is 0 Å². The lowest BCUT2D eigenvalue weighted by molar-refractivity contribution is -0.124. The Morgan fingerprint density at radius 1 is 1.20 bits per heavy atom. The van der Waals surface area contributed by atoms with E-state index in [-0.39, 0.29) is 11.8 Å². The third kappa shape index (κ3) is 2.77. The smallest absolute Gasteiger partial charge is 0.264 e.